The number of halogens is 6. The van der Waals surface area contributed by atoms with Gasteiger partial charge in [0, 0.05) is 18.0 Å². The Labute approximate surface area is 183 Å². The number of ether oxygens (including phenoxy) is 1. The number of hydrogen-bond acceptors (Lipinski definition) is 2. The first-order valence-corrected chi connectivity index (χ1v) is 9.41. The second-order valence-electron chi connectivity index (χ2n) is 7.01. The minimum atomic E-state index is -4.65. The average Bonchev–Trinajstić information content (AvgIpc) is 3.17. The van der Waals surface area contributed by atoms with Gasteiger partial charge < -0.3 is 14.5 Å². The number of rotatable bonds is 4. The van der Waals surface area contributed by atoms with Crippen LogP contribution in [0.5, 0.6) is 5.75 Å². The molecular weight excluding hydrogens is 450 g/mol. The normalized spacial score (nSPS) is 11.6. The number of amides is 1. The maximum absolute atomic E-state index is 13.8. The van der Waals surface area contributed by atoms with E-state index in [1.807, 2.05) is 0 Å². The highest BCUT2D eigenvalue weighted by Crippen LogP contribution is 2.41. The summed E-state index contributed by atoms with van der Waals surface area (Å²) in [6.07, 6.45) is -3.19. The van der Waals surface area contributed by atoms with E-state index in [4.69, 9.17) is 4.74 Å². The molecule has 170 valence electrons. The van der Waals surface area contributed by atoms with Gasteiger partial charge in [-0.3, -0.25) is 4.79 Å². The quantitative estimate of drug-likeness (QED) is 0.284. The Morgan fingerprint density at radius 2 is 1.61 bits per heavy atom. The summed E-state index contributed by atoms with van der Waals surface area (Å²) in [4.78, 5) is 12.2. The van der Waals surface area contributed by atoms with Crippen LogP contribution in [0.1, 0.15) is 15.9 Å². The van der Waals surface area contributed by atoms with Crippen LogP contribution < -0.4 is 10.1 Å². The van der Waals surface area contributed by atoms with Crippen molar-refractivity contribution in [2.24, 2.45) is 0 Å². The highest BCUT2D eigenvalue weighted by molar-refractivity contribution is 6.04. The number of fused-ring (bicyclic) bond motifs is 1. The van der Waals surface area contributed by atoms with Crippen molar-refractivity contribution < 1.29 is 35.9 Å². The van der Waals surface area contributed by atoms with Crippen molar-refractivity contribution in [2.45, 2.75) is 6.18 Å². The maximum Gasteiger partial charge on any atom is 0.418 e. The van der Waals surface area contributed by atoms with Crippen molar-refractivity contribution >= 4 is 17.1 Å². The Balaban J connectivity index is 1.71. The van der Waals surface area contributed by atoms with Gasteiger partial charge in [0.2, 0.25) is 0 Å². The van der Waals surface area contributed by atoms with Gasteiger partial charge in [0.15, 0.2) is 11.6 Å². The van der Waals surface area contributed by atoms with E-state index >= 15 is 0 Å². The molecule has 0 saturated carbocycles. The summed E-state index contributed by atoms with van der Waals surface area (Å²) in [5.41, 5.74) is -1.23. The van der Waals surface area contributed by atoms with Crippen LogP contribution in [0.3, 0.4) is 0 Å². The van der Waals surface area contributed by atoms with Crippen LogP contribution in [0, 0.1) is 17.5 Å². The minimum Gasteiger partial charge on any atom is -0.495 e. The van der Waals surface area contributed by atoms with Crippen LogP contribution in [-0.2, 0) is 6.18 Å². The first-order chi connectivity index (χ1) is 15.6. The molecule has 0 bridgehead atoms. The summed E-state index contributed by atoms with van der Waals surface area (Å²) in [6.45, 7) is 0. The summed E-state index contributed by atoms with van der Waals surface area (Å²) in [5, 5.41) is 2.30. The van der Waals surface area contributed by atoms with E-state index in [1.54, 1.807) is 6.07 Å². The fourth-order valence-electron chi connectivity index (χ4n) is 3.46. The lowest BCUT2D eigenvalue weighted by Crippen LogP contribution is -2.14. The summed E-state index contributed by atoms with van der Waals surface area (Å²) < 4.78 is 88.0. The van der Waals surface area contributed by atoms with Crippen LogP contribution in [0.25, 0.3) is 16.8 Å². The molecule has 0 atom stereocenters. The van der Waals surface area contributed by atoms with Gasteiger partial charge in [0.1, 0.15) is 11.6 Å². The average molecular weight is 464 g/mol. The minimum absolute atomic E-state index is 0.111. The van der Waals surface area contributed by atoms with Gasteiger partial charge in [-0.2, -0.15) is 13.2 Å². The van der Waals surface area contributed by atoms with E-state index in [-0.39, 0.29) is 34.3 Å². The van der Waals surface area contributed by atoms with Crippen LogP contribution in [-0.4, -0.2) is 17.4 Å². The number of aromatic nitrogens is 1. The third kappa shape index (κ3) is 4.11. The Kier molecular flexibility index (Phi) is 5.52. The molecular formula is C23H14F6N2O2. The lowest BCUT2D eigenvalue weighted by atomic mass is 10.1. The van der Waals surface area contributed by atoms with Crippen molar-refractivity contribution in [1.82, 2.24) is 4.40 Å². The molecule has 1 amide bonds. The van der Waals surface area contributed by atoms with E-state index in [9.17, 15) is 31.1 Å². The molecule has 2 aromatic heterocycles. The Hall–Kier alpha value is -3.95. The Bertz CT molecular complexity index is 1360. The highest BCUT2D eigenvalue weighted by atomic mass is 19.4. The number of carbonyl (C=O) groups is 1. The zero-order chi connectivity index (χ0) is 23.9. The molecule has 0 saturated heterocycles. The van der Waals surface area contributed by atoms with Crippen molar-refractivity contribution in [3.8, 4) is 17.0 Å². The number of nitrogens with one attached hydrogen (secondary N) is 1. The predicted octanol–water partition coefficient (Wildman–Crippen LogP) is 6.30. The second-order valence-corrected chi connectivity index (χ2v) is 7.01. The molecule has 0 radical (unpaired) electrons. The number of carbonyl (C=O) groups excluding carboxylic acids is 1. The van der Waals surface area contributed by atoms with Crippen LogP contribution in [0.15, 0.2) is 60.8 Å². The molecule has 1 N–H and O–H groups in total. The van der Waals surface area contributed by atoms with E-state index in [2.05, 4.69) is 5.32 Å². The molecule has 10 heteroatoms. The zero-order valence-corrected chi connectivity index (χ0v) is 16.8. The number of methoxy groups -OCH3 is 1. The summed E-state index contributed by atoms with van der Waals surface area (Å²) >= 11 is 0. The van der Waals surface area contributed by atoms with Gasteiger partial charge in [0.25, 0.3) is 5.91 Å². The molecule has 4 aromatic rings. The lowest BCUT2D eigenvalue weighted by Gasteiger charge is -2.12. The van der Waals surface area contributed by atoms with Crippen molar-refractivity contribution in [1.29, 1.82) is 0 Å². The van der Waals surface area contributed by atoms with Gasteiger partial charge in [-0.1, -0.05) is 12.1 Å². The molecule has 0 aliphatic rings. The third-order valence-corrected chi connectivity index (χ3v) is 4.97. The molecule has 2 aromatic carbocycles. The molecule has 0 fully saturated rings. The molecule has 0 aliphatic carbocycles. The fourth-order valence-corrected chi connectivity index (χ4v) is 3.46. The van der Waals surface area contributed by atoms with Crippen molar-refractivity contribution in [2.75, 3.05) is 12.4 Å². The standard InChI is InChI=1S/C23H14F6N2O2/c1-33-20-3-2-8-31-19(20)10-15(23(27,28)29)21(31)12-4-6-13(7-5-12)30-22(32)14-9-17(25)18(26)11-16(14)24/h2-11H,1H3,(H,30,32). The molecule has 0 aliphatic heterocycles. The van der Waals surface area contributed by atoms with E-state index in [0.717, 1.165) is 6.07 Å². The van der Waals surface area contributed by atoms with Gasteiger partial charge in [-0.15, -0.1) is 0 Å². The molecule has 2 heterocycles. The van der Waals surface area contributed by atoms with E-state index in [0.29, 0.717) is 6.07 Å². The molecule has 0 spiro atoms. The van der Waals surface area contributed by atoms with Crippen LogP contribution >= 0.6 is 0 Å². The first kappa shape index (κ1) is 22.3. The third-order valence-electron chi connectivity index (χ3n) is 4.97. The van der Waals surface area contributed by atoms with Gasteiger partial charge in [-0.25, -0.2) is 13.2 Å². The zero-order valence-electron chi connectivity index (χ0n) is 16.8. The van der Waals surface area contributed by atoms with Gasteiger partial charge in [0.05, 0.1) is 29.4 Å². The predicted molar refractivity (Wildman–Crippen MR) is 109 cm³/mol. The number of alkyl halides is 3. The first-order valence-electron chi connectivity index (χ1n) is 9.41. The number of anilines is 1. The number of hydrogen-bond donors (Lipinski definition) is 1. The monoisotopic (exact) mass is 464 g/mol. The number of benzene rings is 2. The van der Waals surface area contributed by atoms with Crippen LogP contribution in [0.4, 0.5) is 32.0 Å². The molecule has 0 unspecified atom stereocenters. The largest absolute Gasteiger partial charge is 0.495 e. The molecule has 33 heavy (non-hydrogen) atoms. The molecule has 4 nitrogen and oxygen atoms in total. The van der Waals surface area contributed by atoms with Crippen LogP contribution in [0.2, 0.25) is 0 Å². The number of pyridine rings is 1. The summed E-state index contributed by atoms with van der Waals surface area (Å²) in [5.74, 6) is -4.89. The topological polar surface area (TPSA) is 42.7 Å². The van der Waals surface area contributed by atoms with Crippen molar-refractivity contribution in [3.63, 3.8) is 0 Å². The molecule has 4 rings (SSSR count). The lowest BCUT2D eigenvalue weighted by molar-refractivity contribution is -0.137. The van der Waals surface area contributed by atoms with E-state index < -0.39 is 40.7 Å². The second kappa shape index (κ2) is 8.19. The highest BCUT2D eigenvalue weighted by Gasteiger charge is 2.36. The van der Waals surface area contributed by atoms with Crippen molar-refractivity contribution in [3.05, 3.63) is 89.4 Å². The van der Waals surface area contributed by atoms with Gasteiger partial charge in [-0.05, 0) is 42.0 Å². The Morgan fingerprint density at radius 3 is 2.24 bits per heavy atom. The summed E-state index contributed by atoms with van der Waals surface area (Å²) in [7, 11) is 1.35. The van der Waals surface area contributed by atoms with E-state index in [1.165, 1.54) is 48.0 Å². The van der Waals surface area contributed by atoms with Gasteiger partial charge >= 0.3 is 6.18 Å². The summed E-state index contributed by atoms with van der Waals surface area (Å²) in [6, 6.07) is 10.0. The number of nitrogens with zero attached hydrogens (tertiary/aromatic N) is 1. The fraction of sp³-hybridized carbons (Fsp3) is 0.0870. The maximum atomic E-state index is 13.8. The Morgan fingerprint density at radius 1 is 0.939 bits per heavy atom. The SMILES string of the molecule is COc1cccn2c(-c3ccc(NC(=O)c4cc(F)c(F)cc4F)cc3)c(C(F)(F)F)cc12. The smallest absolute Gasteiger partial charge is 0.418 e.